The third-order valence-electron chi connectivity index (χ3n) is 4.43. The Morgan fingerprint density at radius 1 is 1.18 bits per heavy atom. The SMILES string of the molecule is CC(C)[C@@H](N=C1NS(=O)(=O)c2ccccc21)C(=O)NCCc1cccc(F)c1. The van der Waals surface area contributed by atoms with Crippen LogP contribution < -0.4 is 10.0 Å². The van der Waals surface area contributed by atoms with Gasteiger partial charge in [-0.05, 0) is 42.2 Å². The van der Waals surface area contributed by atoms with Crippen LogP contribution in [0.3, 0.4) is 0 Å². The van der Waals surface area contributed by atoms with Crippen molar-refractivity contribution in [3.05, 3.63) is 65.5 Å². The van der Waals surface area contributed by atoms with Crippen LogP contribution >= 0.6 is 0 Å². The van der Waals surface area contributed by atoms with Crippen LogP contribution in [-0.2, 0) is 21.2 Å². The Hall–Kier alpha value is -2.74. The summed E-state index contributed by atoms with van der Waals surface area (Å²) in [5, 5.41) is 2.80. The molecule has 1 atom stereocenters. The van der Waals surface area contributed by atoms with Gasteiger partial charge in [0.1, 0.15) is 17.7 Å². The molecule has 1 heterocycles. The monoisotopic (exact) mass is 403 g/mol. The highest BCUT2D eigenvalue weighted by Gasteiger charge is 2.32. The van der Waals surface area contributed by atoms with E-state index >= 15 is 0 Å². The van der Waals surface area contributed by atoms with Crippen molar-refractivity contribution in [3.63, 3.8) is 0 Å². The summed E-state index contributed by atoms with van der Waals surface area (Å²) in [5.74, 6) is -0.585. The molecule has 0 aromatic heterocycles. The van der Waals surface area contributed by atoms with E-state index in [0.29, 0.717) is 18.5 Å². The van der Waals surface area contributed by atoms with Gasteiger partial charge in [-0.3, -0.25) is 14.5 Å². The Labute approximate surface area is 163 Å². The third kappa shape index (κ3) is 4.39. The molecule has 0 spiro atoms. The first kappa shape index (κ1) is 20.0. The molecular formula is C20H22FN3O3S. The largest absolute Gasteiger partial charge is 0.354 e. The number of halogens is 1. The Morgan fingerprint density at radius 3 is 2.64 bits per heavy atom. The molecule has 0 bridgehead atoms. The molecule has 6 nitrogen and oxygen atoms in total. The van der Waals surface area contributed by atoms with Crippen LogP contribution in [0.4, 0.5) is 4.39 Å². The molecule has 0 radical (unpaired) electrons. The van der Waals surface area contributed by atoms with Crippen LogP contribution in [0.5, 0.6) is 0 Å². The number of benzene rings is 2. The van der Waals surface area contributed by atoms with Crippen molar-refractivity contribution < 1.29 is 17.6 Å². The van der Waals surface area contributed by atoms with Crippen LogP contribution in [0.15, 0.2) is 58.4 Å². The van der Waals surface area contributed by atoms with Crippen molar-refractivity contribution in [2.75, 3.05) is 6.54 Å². The third-order valence-corrected chi connectivity index (χ3v) is 5.83. The minimum atomic E-state index is -3.66. The van der Waals surface area contributed by atoms with Gasteiger partial charge in [0.2, 0.25) is 5.91 Å². The number of rotatable bonds is 6. The Balaban J connectivity index is 1.73. The number of fused-ring (bicyclic) bond motifs is 1. The van der Waals surface area contributed by atoms with Crippen LogP contribution in [0.1, 0.15) is 25.0 Å². The number of nitrogens with one attached hydrogen (secondary N) is 2. The van der Waals surface area contributed by atoms with E-state index in [1.165, 1.54) is 18.2 Å². The molecule has 8 heteroatoms. The summed E-state index contributed by atoms with van der Waals surface area (Å²) in [6.07, 6.45) is 0.486. The molecule has 3 rings (SSSR count). The molecule has 0 fully saturated rings. The lowest BCUT2D eigenvalue weighted by molar-refractivity contribution is -0.123. The normalized spacial score (nSPS) is 17.2. The lowest BCUT2D eigenvalue weighted by Gasteiger charge is -2.17. The van der Waals surface area contributed by atoms with Gasteiger partial charge in [-0.25, -0.2) is 12.8 Å². The van der Waals surface area contributed by atoms with Gasteiger partial charge in [0.25, 0.3) is 10.0 Å². The molecule has 0 saturated heterocycles. The van der Waals surface area contributed by atoms with Crippen molar-refractivity contribution in [3.8, 4) is 0 Å². The number of amidine groups is 1. The van der Waals surface area contributed by atoms with E-state index in [9.17, 15) is 17.6 Å². The summed E-state index contributed by atoms with van der Waals surface area (Å²) in [5.41, 5.74) is 1.24. The fourth-order valence-corrected chi connectivity index (χ4v) is 4.25. The second-order valence-electron chi connectivity index (χ2n) is 6.94. The Bertz CT molecular complexity index is 1020. The summed E-state index contributed by atoms with van der Waals surface area (Å²) in [6.45, 7) is 4.02. The quantitative estimate of drug-likeness (QED) is 0.776. The van der Waals surface area contributed by atoms with Gasteiger partial charge in [-0.1, -0.05) is 38.1 Å². The highest BCUT2D eigenvalue weighted by atomic mass is 32.2. The first-order valence-corrected chi connectivity index (χ1v) is 10.5. The fraction of sp³-hybridized carbons (Fsp3) is 0.300. The maximum Gasteiger partial charge on any atom is 0.263 e. The highest BCUT2D eigenvalue weighted by molar-refractivity contribution is 7.90. The number of nitrogens with zero attached hydrogens (tertiary/aromatic N) is 1. The summed E-state index contributed by atoms with van der Waals surface area (Å²) < 4.78 is 40.1. The van der Waals surface area contributed by atoms with Crippen LogP contribution in [0.2, 0.25) is 0 Å². The first-order chi connectivity index (χ1) is 13.3. The number of amides is 1. The smallest absolute Gasteiger partial charge is 0.263 e. The number of aliphatic imine (C=N–C) groups is 1. The van der Waals surface area contributed by atoms with Crippen LogP contribution in [0, 0.1) is 11.7 Å². The molecule has 148 valence electrons. The number of carbonyl (C=O) groups excluding carboxylic acids is 1. The summed E-state index contributed by atoms with van der Waals surface area (Å²) >= 11 is 0. The Kier molecular flexibility index (Phi) is 5.79. The zero-order valence-electron chi connectivity index (χ0n) is 15.6. The summed E-state index contributed by atoms with van der Waals surface area (Å²) in [6, 6.07) is 12.0. The predicted molar refractivity (Wildman–Crippen MR) is 105 cm³/mol. The van der Waals surface area contributed by atoms with E-state index in [1.807, 2.05) is 13.8 Å². The number of carbonyl (C=O) groups is 1. The van der Waals surface area contributed by atoms with Crippen molar-refractivity contribution in [2.45, 2.75) is 31.2 Å². The van der Waals surface area contributed by atoms with Crippen molar-refractivity contribution in [1.29, 1.82) is 0 Å². The number of hydrogen-bond acceptors (Lipinski definition) is 4. The van der Waals surface area contributed by atoms with Crippen molar-refractivity contribution >= 4 is 21.8 Å². The van der Waals surface area contributed by atoms with Gasteiger partial charge in [0.15, 0.2) is 0 Å². The van der Waals surface area contributed by atoms with E-state index in [-0.39, 0.29) is 28.4 Å². The van der Waals surface area contributed by atoms with Crippen molar-refractivity contribution in [1.82, 2.24) is 10.0 Å². The van der Waals surface area contributed by atoms with Gasteiger partial charge < -0.3 is 5.32 Å². The average molecular weight is 403 g/mol. The van der Waals surface area contributed by atoms with Gasteiger partial charge in [-0.2, -0.15) is 0 Å². The van der Waals surface area contributed by atoms with E-state index < -0.39 is 16.1 Å². The van der Waals surface area contributed by atoms with E-state index in [1.54, 1.807) is 30.3 Å². The molecule has 0 unspecified atom stereocenters. The van der Waals surface area contributed by atoms with Gasteiger partial charge in [0.05, 0.1) is 4.90 Å². The van der Waals surface area contributed by atoms with Crippen LogP contribution in [0.25, 0.3) is 0 Å². The number of hydrogen-bond donors (Lipinski definition) is 2. The highest BCUT2D eigenvalue weighted by Crippen LogP contribution is 2.23. The maximum atomic E-state index is 13.2. The molecule has 2 aromatic carbocycles. The van der Waals surface area contributed by atoms with Crippen molar-refractivity contribution in [2.24, 2.45) is 10.9 Å². The molecule has 1 amide bonds. The van der Waals surface area contributed by atoms with Gasteiger partial charge in [0, 0.05) is 12.1 Å². The summed E-state index contributed by atoms with van der Waals surface area (Å²) in [7, 11) is -3.66. The van der Waals surface area contributed by atoms with Crippen LogP contribution in [-0.4, -0.2) is 32.7 Å². The lowest BCUT2D eigenvalue weighted by Crippen LogP contribution is -2.39. The minimum absolute atomic E-state index is 0.140. The fourth-order valence-electron chi connectivity index (χ4n) is 3.01. The minimum Gasteiger partial charge on any atom is -0.354 e. The molecule has 0 aliphatic carbocycles. The average Bonchev–Trinajstić information content (AvgIpc) is 2.90. The predicted octanol–water partition coefficient (Wildman–Crippen LogP) is 2.25. The molecular weight excluding hydrogens is 381 g/mol. The zero-order chi connectivity index (χ0) is 20.3. The summed E-state index contributed by atoms with van der Waals surface area (Å²) in [4.78, 5) is 17.2. The molecule has 2 N–H and O–H groups in total. The molecule has 1 aliphatic rings. The molecule has 0 saturated carbocycles. The van der Waals surface area contributed by atoms with E-state index in [2.05, 4.69) is 15.0 Å². The Morgan fingerprint density at radius 2 is 1.93 bits per heavy atom. The van der Waals surface area contributed by atoms with Gasteiger partial charge >= 0.3 is 0 Å². The number of sulfonamides is 1. The standard InChI is InChI=1S/C20H22FN3O3S/c1-13(2)18(20(25)22-11-10-14-6-5-7-15(21)12-14)23-19-16-8-3-4-9-17(16)28(26,27)24-19/h3-9,12-13,18H,10-11H2,1-2H3,(H,22,25)(H,23,24)/t18-/m1/s1. The first-order valence-electron chi connectivity index (χ1n) is 9.00. The van der Waals surface area contributed by atoms with E-state index in [4.69, 9.17) is 0 Å². The molecule has 1 aliphatic heterocycles. The molecule has 28 heavy (non-hydrogen) atoms. The second kappa shape index (κ2) is 8.10. The maximum absolute atomic E-state index is 13.2. The zero-order valence-corrected chi connectivity index (χ0v) is 16.5. The van der Waals surface area contributed by atoms with Gasteiger partial charge in [-0.15, -0.1) is 0 Å². The molecule has 2 aromatic rings. The second-order valence-corrected chi connectivity index (χ2v) is 8.59. The van der Waals surface area contributed by atoms with E-state index in [0.717, 1.165) is 5.56 Å². The lowest BCUT2D eigenvalue weighted by atomic mass is 10.0. The topological polar surface area (TPSA) is 87.6 Å².